The number of rotatable bonds is 3. The Labute approximate surface area is 106 Å². The summed E-state index contributed by atoms with van der Waals surface area (Å²) in [7, 11) is 0. The lowest BCUT2D eigenvalue weighted by Crippen LogP contribution is -2.42. The number of hydrogen-bond acceptors (Lipinski definition) is 2. The summed E-state index contributed by atoms with van der Waals surface area (Å²) in [4.78, 5) is 11.2. The predicted octanol–water partition coefficient (Wildman–Crippen LogP) is 2.30. The van der Waals surface area contributed by atoms with Crippen molar-refractivity contribution in [1.82, 2.24) is 5.32 Å². The average Bonchev–Trinajstić information content (AvgIpc) is 2.27. The molecule has 1 fully saturated rings. The average molecular weight is 240 g/mol. The number of carbonyl (C=O) groups is 1. The Morgan fingerprint density at radius 3 is 2.24 bits per heavy atom. The largest absolute Gasteiger partial charge is 0.352 e. The van der Waals surface area contributed by atoms with Crippen molar-refractivity contribution in [3.8, 4) is 0 Å². The first-order chi connectivity index (χ1) is 7.84. The van der Waals surface area contributed by atoms with Gasteiger partial charge in [-0.15, -0.1) is 0 Å². The van der Waals surface area contributed by atoms with E-state index in [-0.39, 0.29) is 12.5 Å². The highest BCUT2D eigenvalue weighted by Gasteiger charge is 2.31. The Balaban J connectivity index is 2.38. The fraction of sp³-hybridized carbons (Fsp3) is 0.929. The quantitative estimate of drug-likeness (QED) is 0.795. The van der Waals surface area contributed by atoms with Gasteiger partial charge >= 0.3 is 0 Å². The lowest BCUT2D eigenvalue weighted by Gasteiger charge is -2.38. The lowest BCUT2D eigenvalue weighted by molar-refractivity contribution is -0.120. The smallest absolute Gasteiger partial charge is 0.233 e. The molecule has 0 unspecified atom stereocenters. The molecule has 0 aromatic carbocycles. The molecule has 0 spiro atoms. The summed E-state index contributed by atoms with van der Waals surface area (Å²) in [6.07, 6.45) is 4.68. The van der Waals surface area contributed by atoms with Crippen LogP contribution < -0.4 is 11.1 Å². The van der Waals surface area contributed by atoms with Crippen molar-refractivity contribution in [3.05, 3.63) is 0 Å². The first-order valence-electron chi connectivity index (χ1n) is 6.84. The molecule has 0 heterocycles. The fourth-order valence-electron chi connectivity index (χ4n) is 2.76. The van der Waals surface area contributed by atoms with Crippen molar-refractivity contribution in [1.29, 1.82) is 0 Å². The van der Waals surface area contributed by atoms with Crippen LogP contribution in [-0.2, 0) is 4.79 Å². The molecule has 3 N–H and O–H groups in total. The number of carbonyl (C=O) groups excluding carboxylic acids is 1. The van der Waals surface area contributed by atoms with Gasteiger partial charge in [-0.2, -0.15) is 0 Å². The zero-order valence-corrected chi connectivity index (χ0v) is 11.8. The van der Waals surface area contributed by atoms with E-state index in [1.165, 1.54) is 12.8 Å². The first-order valence-corrected chi connectivity index (χ1v) is 6.84. The van der Waals surface area contributed by atoms with Gasteiger partial charge in [0.1, 0.15) is 0 Å². The Morgan fingerprint density at radius 2 is 1.82 bits per heavy atom. The number of nitrogens with one attached hydrogen (secondary N) is 1. The molecule has 0 saturated heterocycles. The summed E-state index contributed by atoms with van der Waals surface area (Å²) >= 11 is 0. The van der Waals surface area contributed by atoms with Gasteiger partial charge in [0.15, 0.2) is 0 Å². The highest BCUT2D eigenvalue weighted by Crippen LogP contribution is 2.39. The highest BCUT2D eigenvalue weighted by atomic mass is 16.1. The van der Waals surface area contributed by atoms with Gasteiger partial charge in [0.25, 0.3) is 0 Å². The van der Waals surface area contributed by atoms with E-state index < -0.39 is 0 Å². The molecule has 1 amide bonds. The maximum atomic E-state index is 11.2. The van der Waals surface area contributed by atoms with E-state index in [0.29, 0.717) is 11.5 Å². The fourth-order valence-corrected chi connectivity index (χ4v) is 2.76. The van der Waals surface area contributed by atoms with E-state index in [2.05, 4.69) is 33.0 Å². The molecule has 1 rings (SSSR count). The minimum absolute atomic E-state index is 0.0164. The van der Waals surface area contributed by atoms with Crippen molar-refractivity contribution < 1.29 is 4.79 Å². The third kappa shape index (κ3) is 4.30. The molecular formula is C14H28N2O. The molecular weight excluding hydrogens is 212 g/mol. The van der Waals surface area contributed by atoms with Gasteiger partial charge in [0.2, 0.25) is 5.91 Å². The summed E-state index contributed by atoms with van der Waals surface area (Å²) in [6.45, 7) is 9.43. The monoisotopic (exact) mass is 240 g/mol. The normalized spacial score (nSPS) is 27.6. The molecule has 0 aliphatic heterocycles. The number of amides is 1. The van der Waals surface area contributed by atoms with Gasteiger partial charge in [-0.05, 0) is 42.9 Å². The second kappa shape index (κ2) is 5.85. The van der Waals surface area contributed by atoms with Crippen LogP contribution in [-0.4, -0.2) is 18.5 Å². The summed E-state index contributed by atoms with van der Waals surface area (Å²) in [6, 6.07) is 0.356. The van der Waals surface area contributed by atoms with Crippen molar-refractivity contribution >= 4 is 5.91 Å². The van der Waals surface area contributed by atoms with Crippen LogP contribution in [0.3, 0.4) is 0 Å². The van der Waals surface area contributed by atoms with Crippen LogP contribution in [0.4, 0.5) is 0 Å². The zero-order valence-electron chi connectivity index (χ0n) is 11.8. The van der Waals surface area contributed by atoms with E-state index in [0.717, 1.165) is 24.7 Å². The molecule has 0 bridgehead atoms. The second-order valence-electron chi connectivity index (χ2n) is 6.54. The Bertz CT molecular complexity index is 249. The van der Waals surface area contributed by atoms with Gasteiger partial charge in [-0.3, -0.25) is 4.79 Å². The minimum Gasteiger partial charge on any atom is -0.352 e. The molecule has 1 aliphatic rings. The van der Waals surface area contributed by atoms with Crippen LogP contribution in [0.2, 0.25) is 0 Å². The Morgan fingerprint density at radius 1 is 1.29 bits per heavy atom. The molecule has 1 aliphatic carbocycles. The molecule has 0 aromatic rings. The summed E-state index contributed by atoms with van der Waals surface area (Å²) in [5, 5.41) is 3.00. The maximum Gasteiger partial charge on any atom is 0.233 e. The van der Waals surface area contributed by atoms with Crippen LogP contribution in [0.15, 0.2) is 0 Å². The molecule has 1 saturated carbocycles. The first kappa shape index (κ1) is 14.5. The SMILES string of the molecule is C[C@H](C1CCC(NC(=O)CN)CC1)C(C)(C)C. The van der Waals surface area contributed by atoms with Crippen LogP contribution in [0, 0.1) is 17.3 Å². The van der Waals surface area contributed by atoms with Gasteiger partial charge in [0, 0.05) is 6.04 Å². The third-order valence-electron chi connectivity index (χ3n) is 4.40. The minimum atomic E-state index is -0.0164. The summed E-state index contributed by atoms with van der Waals surface area (Å²) in [5.74, 6) is 1.53. The Hall–Kier alpha value is -0.570. The van der Waals surface area contributed by atoms with E-state index in [1.807, 2.05) is 0 Å². The number of nitrogens with two attached hydrogens (primary N) is 1. The van der Waals surface area contributed by atoms with Crippen LogP contribution in [0.25, 0.3) is 0 Å². The van der Waals surface area contributed by atoms with Crippen LogP contribution >= 0.6 is 0 Å². The molecule has 0 radical (unpaired) electrons. The summed E-state index contributed by atoms with van der Waals surface area (Å²) < 4.78 is 0. The predicted molar refractivity (Wildman–Crippen MR) is 71.6 cm³/mol. The topological polar surface area (TPSA) is 55.1 Å². The van der Waals surface area contributed by atoms with E-state index in [9.17, 15) is 4.79 Å². The Kier molecular flexibility index (Phi) is 4.99. The summed E-state index contributed by atoms with van der Waals surface area (Å²) in [5.41, 5.74) is 5.70. The van der Waals surface area contributed by atoms with Crippen molar-refractivity contribution in [2.24, 2.45) is 23.0 Å². The van der Waals surface area contributed by atoms with E-state index in [1.54, 1.807) is 0 Å². The zero-order chi connectivity index (χ0) is 13.1. The lowest BCUT2D eigenvalue weighted by atomic mass is 9.69. The standard InChI is InChI=1S/C14H28N2O/c1-10(14(2,3)4)11-5-7-12(8-6-11)16-13(17)9-15/h10-12H,5-9,15H2,1-4H3,(H,16,17)/t10-,11?,12?/m1/s1. The van der Waals surface area contributed by atoms with Crippen LogP contribution in [0.1, 0.15) is 53.4 Å². The van der Waals surface area contributed by atoms with E-state index in [4.69, 9.17) is 5.73 Å². The molecule has 100 valence electrons. The van der Waals surface area contributed by atoms with Gasteiger partial charge < -0.3 is 11.1 Å². The van der Waals surface area contributed by atoms with Gasteiger partial charge in [-0.25, -0.2) is 0 Å². The molecule has 1 atom stereocenters. The van der Waals surface area contributed by atoms with Gasteiger partial charge in [-0.1, -0.05) is 27.7 Å². The second-order valence-corrected chi connectivity index (χ2v) is 6.54. The van der Waals surface area contributed by atoms with E-state index >= 15 is 0 Å². The van der Waals surface area contributed by atoms with Crippen molar-refractivity contribution in [2.75, 3.05) is 6.54 Å². The third-order valence-corrected chi connectivity index (χ3v) is 4.40. The highest BCUT2D eigenvalue weighted by molar-refractivity contribution is 5.78. The van der Waals surface area contributed by atoms with Crippen molar-refractivity contribution in [2.45, 2.75) is 59.4 Å². The molecule has 0 aromatic heterocycles. The number of hydrogen-bond donors (Lipinski definition) is 2. The van der Waals surface area contributed by atoms with Crippen molar-refractivity contribution in [3.63, 3.8) is 0 Å². The molecule has 17 heavy (non-hydrogen) atoms. The van der Waals surface area contributed by atoms with Gasteiger partial charge in [0.05, 0.1) is 6.54 Å². The molecule has 3 heteroatoms. The molecule has 3 nitrogen and oxygen atoms in total. The maximum absolute atomic E-state index is 11.2. The van der Waals surface area contributed by atoms with Crippen LogP contribution in [0.5, 0.6) is 0 Å².